The lowest BCUT2D eigenvalue weighted by Crippen LogP contribution is -2.18. The van der Waals surface area contributed by atoms with Gasteiger partial charge in [-0.05, 0) is 81.9 Å². The van der Waals surface area contributed by atoms with E-state index in [-0.39, 0.29) is 15.6 Å². The number of hydrogen-bond acceptors (Lipinski definition) is 2. The molecule has 120 valence electrons. The van der Waals surface area contributed by atoms with E-state index in [2.05, 4.69) is 85.0 Å². The standard InChI is InChI=1S/C14H6Br5NO3/c15-5-2-1-3-6(4-5)20-13(21)7-8(14(22)23)10(17)12(19)11(18)9(7)16/h1-4H,(H,20,21)(H,22,23). The fourth-order valence-corrected chi connectivity index (χ4v) is 4.67. The molecule has 0 radical (unpaired) electrons. The lowest BCUT2D eigenvalue weighted by molar-refractivity contribution is 0.0691. The lowest BCUT2D eigenvalue weighted by Gasteiger charge is -2.15. The van der Waals surface area contributed by atoms with Crippen molar-refractivity contribution >= 4 is 97.2 Å². The second-order valence-electron chi connectivity index (χ2n) is 4.28. The number of amides is 1. The van der Waals surface area contributed by atoms with Crippen LogP contribution in [0.3, 0.4) is 0 Å². The Labute approximate surface area is 173 Å². The van der Waals surface area contributed by atoms with Crippen LogP contribution < -0.4 is 5.32 Å². The second-order valence-corrected chi connectivity index (χ2v) is 8.36. The zero-order chi connectivity index (χ0) is 17.3. The molecule has 0 saturated carbocycles. The van der Waals surface area contributed by atoms with Gasteiger partial charge >= 0.3 is 5.97 Å². The number of nitrogens with one attached hydrogen (secondary N) is 1. The first kappa shape index (κ1) is 19.1. The highest BCUT2D eigenvalue weighted by Gasteiger charge is 2.27. The maximum atomic E-state index is 12.6. The summed E-state index contributed by atoms with van der Waals surface area (Å²) >= 11 is 16.4. The third-order valence-electron chi connectivity index (χ3n) is 2.79. The summed E-state index contributed by atoms with van der Waals surface area (Å²) < 4.78 is 2.46. The predicted octanol–water partition coefficient (Wildman–Crippen LogP) is 6.45. The summed E-state index contributed by atoms with van der Waals surface area (Å²) in [5.74, 6) is -1.76. The highest BCUT2D eigenvalue weighted by atomic mass is 79.9. The monoisotopic (exact) mass is 631 g/mol. The van der Waals surface area contributed by atoms with E-state index in [1.54, 1.807) is 18.2 Å². The van der Waals surface area contributed by atoms with Crippen molar-refractivity contribution in [3.63, 3.8) is 0 Å². The lowest BCUT2D eigenvalue weighted by atomic mass is 10.1. The van der Waals surface area contributed by atoms with Crippen molar-refractivity contribution < 1.29 is 14.7 Å². The van der Waals surface area contributed by atoms with Crippen LogP contribution in [0.25, 0.3) is 0 Å². The molecule has 23 heavy (non-hydrogen) atoms. The predicted molar refractivity (Wildman–Crippen MR) is 106 cm³/mol. The normalized spacial score (nSPS) is 10.5. The van der Waals surface area contributed by atoms with Crippen molar-refractivity contribution in [3.05, 3.63) is 57.8 Å². The zero-order valence-corrected chi connectivity index (χ0v) is 18.9. The highest BCUT2D eigenvalue weighted by Crippen LogP contribution is 2.42. The van der Waals surface area contributed by atoms with Crippen molar-refractivity contribution in [2.24, 2.45) is 0 Å². The average molecular weight is 636 g/mol. The minimum Gasteiger partial charge on any atom is -0.478 e. The van der Waals surface area contributed by atoms with Crippen LogP contribution in [0.15, 0.2) is 46.6 Å². The first-order chi connectivity index (χ1) is 10.7. The summed E-state index contributed by atoms with van der Waals surface area (Å²) in [6.07, 6.45) is 0. The number of halogens is 5. The van der Waals surface area contributed by atoms with Crippen molar-refractivity contribution in [2.75, 3.05) is 5.32 Å². The molecule has 1 amide bonds. The van der Waals surface area contributed by atoms with Crippen LogP contribution in [-0.4, -0.2) is 17.0 Å². The molecule has 0 aliphatic carbocycles. The van der Waals surface area contributed by atoms with Gasteiger partial charge in [-0.15, -0.1) is 0 Å². The minimum absolute atomic E-state index is 0.0134. The van der Waals surface area contributed by atoms with E-state index in [0.717, 1.165) is 4.47 Å². The molecule has 0 spiro atoms. The summed E-state index contributed by atoms with van der Waals surface area (Å²) in [6, 6.07) is 7.01. The number of anilines is 1. The molecular weight excluding hydrogens is 630 g/mol. The van der Waals surface area contributed by atoms with Gasteiger partial charge < -0.3 is 10.4 Å². The summed E-state index contributed by atoms with van der Waals surface area (Å²) in [7, 11) is 0. The van der Waals surface area contributed by atoms with Crippen LogP contribution in [-0.2, 0) is 0 Å². The van der Waals surface area contributed by atoms with Gasteiger partial charge in [-0.25, -0.2) is 4.79 Å². The smallest absolute Gasteiger partial charge is 0.337 e. The number of benzene rings is 2. The Hall–Kier alpha value is -0.220. The highest BCUT2D eigenvalue weighted by molar-refractivity contribution is 9.15. The van der Waals surface area contributed by atoms with E-state index in [4.69, 9.17) is 0 Å². The van der Waals surface area contributed by atoms with Crippen molar-refractivity contribution in [1.29, 1.82) is 0 Å². The minimum atomic E-state index is -1.22. The summed E-state index contributed by atoms with van der Waals surface area (Å²) in [5.41, 5.74) is 0.418. The molecule has 0 atom stereocenters. The zero-order valence-electron chi connectivity index (χ0n) is 11.0. The van der Waals surface area contributed by atoms with Crippen LogP contribution in [0.2, 0.25) is 0 Å². The Balaban J connectivity index is 2.58. The van der Waals surface area contributed by atoms with E-state index < -0.39 is 11.9 Å². The van der Waals surface area contributed by atoms with E-state index in [9.17, 15) is 14.7 Å². The molecule has 0 heterocycles. The maximum absolute atomic E-state index is 12.6. The number of rotatable bonds is 3. The number of aromatic carboxylic acids is 1. The van der Waals surface area contributed by atoms with Crippen molar-refractivity contribution in [2.45, 2.75) is 0 Å². The van der Waals surface area contributed by atoms with Gasteiger partial charge in [0, 0.05) is 28.1 Å². The Morgan fingerprint density at radius 2 is 1.43 bits per heavy atom. The number of carbonyl (C=O) groups excluding carboxylic acids is 1. The van der Waals surface area contributed by atoms with Gasteiger partial charge in [0.1, 0.15) is 0 Å². The van der Waals surface area contributed by atoms with E-state index in [1.165, 1.54) is 0 Å². The molecule has 2 aromatic carbocycles. The Morgan fingerprint density at radius 1 is 0.870 bits per heavy atom. The molecule has 0 aromatic heterocycles. The summed E-state index contributed by atoms with van der Waals surface area (Å²) in [4.78, 5) is 24.2. The Kier molecular flexibility index (Phi) is 6.46. The van der Waals surface area contributed by atoms with Gasteiger partial charge in [-0.3, -0.25) is 4.79 Å². The van der Waals surface area contributed by atoms with E-state index in [1.807, 2.05) is 6.07 Å². The largest absolute Gasteiger partial charge is 0.478 e. The molecular formula is C14H6Br5NO3. The van der Waals surface area contributed by atoms with Gasteiger partial charge in [0.2, 0.25) is 0 Å². The van der Waals surface area contributed by atoms with Crippen LogP contribution in [0.5, 0.6) is 0 Å². The maximum Gasteiger partial charge on any atom is 0.337 e. The fraction of sp³-hybridized carbons (Fsp3) is 0. The number of carboxylic acids is 1. The van der Waals surface area contributed by atoms with Gasteiger partial charge in [-0.2, -0.15) is 0 Å². The summed E-state index contributed by atoms with van der Waals surface area (Å²) in [6.45, 7) is 0. The first-order valence-electron chi connectivity index (χ1n) is 5.90. The first-order valence-corrected chi connectivity index (χ1v) is 9.86. The topological polar surface area (TPSA) is 66.4 Å². The third kappa shape index (κ3) is 4.07. The molecule has 2 aromatic rings. The average Bonchev–Trinajstić information content (AvgIpc) is 2.48. The van der Waals surface area contributed by atoms with Crippen molar-refractivity contribution in [3.8, 4) is 0 Å². The van der Waals surface area contributed by atoms with Gasteiger partial charge in [-0.1, -0.05) is 22.0 Å². The molecule has 0 fully saturated rings. The van der Waals surface area contributed by atoms with E-state index >= 15 is 0 Å². The number of carboxylic acid groups (broad SMARTS) is 1. The molecule has 9 heteroatoms. The molecule has 0 unspecified atom stereocenters. The summed E-state index contributed by atoms with van der Waals surface area (Å²) in [5, 5.41) is 12.2. The molecule has 4 nitrogen and oxygen atoms in total. The Bertz CT molecular complexity index is 823. The fourth-order valence-electron chi connectivity index (χ4n) is 1.81. The van der Waals surface area contributed by atoms with Crippen LogP contribution in [0.1, 0.15) is 20.7 Å². The van der Waals surface area contributed by atoms with Crippen LogP contribution >= 0.6 is 79.6 Å². The van der Waals surface area contributed by atoms with Crippen LogP contribution in [0.4, 0.5) is 5.69 Å². The van der Waals surface area contributed by atoms with Gasteiger partial charge in [0.25, 0.3) is 5.91 Å². The van der Waals surface area contributed by atoms with E-state index in [0.29, 0.717) is 19.1 Å². The molecule has 0 aliphatic rings. The molecule has 2 N–H and O–H groups in total. The third-order valence-corrected chi connectivity index (χ3v) is 8.05. The number of hydrogen-bond donors (Lipinski definition) is 2. The molecule has 0 aliphatic heterocycles. The SMILES string of the molecule is O=C(O)c1c(Br)c(Br)c(Br)c(Br)c1C(=O)Nc1cccc(Br)c1. The molecule has 0 bridgehead atoms. The number of carbonyl (C=O) groups is 2. The quantitative estimate of drug-likeness (QED) is 0.301. The van der Waals surface area contributed by atoms with Crippen LogP contribution in [0, 0.1) is 0 Å². The Morgan fingerprint density at radius 3 is 1.96 bits per heavy atom. The van der Waals surface area contributed by atoms with Crippen molar-refractivity contribution in [1.82, 2.24) is 0 Å². The second kappa shape index (κ2) is 7.77. The van der Waals surface area contributed by atoms with Gasteiger partial charge in [0.15, 0.2) is 0 Å². The van der Waals surface area contributed by atoms with Gasteiger partial charge in [0.05, 0.1) is 11.1 Å². The molecule has 0 saturated heterocycles. The molecule has 2 rings (SSSR count).